The minimum atomic E-state index is -4.23. The van der Waals surface area contributed by atoms with E-state index in [9.17, 15) is 18.0 Å². The molecule has 2 unspecified atom stereocenters. The molecule has 12 heteroatoms. The molecule has 1 fully saturated rings. The second-order valence-corrected chi connectivity index (χ2v) is 10.8. The number of rotatable bonds is 4. The van der Waals surface area contributed by atoms with E-state index in [4.69, 9.17) is 40.5 Å². The topological polar surface area (TPSA) is 104 Å². The van der Waals surface area contributed by atoms with Crippen molar-refractivity contribution >= 4 is 56.6 Å². The number of halogens is 3. The number of carbonyl (C=O) groups is 2. The van der Waals surface area contributed by atoms with E-state index in [1.54, 1.807) is 24.3 Å². The molecule has 4 rings (SSSR count). The molecule has 0 aromatic heterocycles. The van der Waals surface area contributed by atoms with Gasteiger partial charge in [-0.1, -0.05) is 46.9 Å². The minimum Gasteiger partial charge on any atom is -0.318 e. The highest BCUT2D eigenvalue weighted by Gasteiger charge is 2.48. The Labute approximate surface area is 206 Å². The first kappa shape index (κ1) is 23.8. The van der Waals surface area contributed by atoms with Crippen LogP contribution in [0.4, 0.5) is 0 Å². The van der Waals surface area contributed by atoms with Crippen molar-refractivity contribution in [3.63, 3.8) is 0 Å². The highest BCUT2D eigenvalue weighted by molar-refractivity contribution is 7.89. The van der Waals surface area contributed by atoms with Crippen LogP contribution >= 0.6 is 34.8 Å². The first-order valence-electron chi connectivity index (χ1n) is 9.80. The summed E-state index contributed by atoms with van der Waals surface area (Å²) in [7, 11) is -2.73. The van der Waals surface area contributed by atoms with Gasteiger partial charge in [-0.15, -0.1) is 0 Å². The number of benzene rings is 2. The van der Waals surface area contributed by atoms with Crippen molar-refractivity contribution in [3.8, 4) is 0 Å². The Morgan fingerprint density at radius 1 is 1.00 bits per heavy atom. The molecule has 0 spiro atoms. The van der Waals surface area contributed by atoms with Gasteiger partial charge in [-0.25, -0.2) is 12.7 Å². The SMILES string of the molecule is CN1C=C2N(C(=O)C(N)CN2S(=O)(=O)c2ccc(Cl)cc2Cl)C(Cc2ccc(Cl)cc2)C1=O. The third kappa shape index (κ3) is 4.31. The Morgan fingerprint density at radius 3 is 2.27 bits per heavy atom. The number of nitrogens with zero attached hydrogens (tertiary/aromatic N) is 3. The van der Waals surface area contributed by atoms with E-state index in [0.29, 0.717) is 5.02 Å². The summed E-state index contributed by atoms with van der Waals surface area (Å²) in [5.41, 5.74) is 6.79. The van der Waals surface area contributed by atoms with Crippen LogP contribution in [-0.4, -0.2) is 60.0 Å². The summed E-state index contributed by atoms with van der Waals surface area (Å²) in [6.45, 7) is -0.307. The Hall–Kier alpha value is -2.30. The molecule has 2 heterocycles. The first-order valence-corrected chi connectivity index (χ1v) is 12.4. The molecule has 0 aliphatic carbocycles. The molecule has 0 saturated carbocycles. The molecule has 0 radical (unpaired) electrons. The number of hydrogen-bond acceptors (Lipinski definition) is 5. The van der Waals surface area contributed by atoms with Gasteiger partial charge >= 0.3 is 0 Å². The van der Waals surface area contributed by atoms with Crippen molar-refractivity contribution in [2.45, 2.75) is 23.4 Å². The number of nitrogens with two attached hydrogens (primary N) is 1. The molecule has 0 bridgehead atoms. The van der Waals surface area contributed by atoms with E-state index >= 15 is 0 Å². The first-order chi connectivity index (χ1) is 15.5. The molecule has 2 N–H and O–H groups in total. The maximum atomic E-state index is 13.6. The van der Waals surface area contributed by atoms with Crippen LogP contribution in [0.3, 0.4) is 0 Å². The molecule has 2 aliphatic rings. The number of fused-ring (bicyclic) bond motifs is 1. The van der Waals surface area contributed by atoms with E-state index in [0.717, 1.165) is 14.8 Å². The van der Waals surface area contributed by atoms with Crippen LogP contribution in [0.5, 0.6) is 0 Å². The van der Waals surface area contributed by atoms with Gasteiger partial charge in [0.25, 0.3) is 10.0 Å². The fraction of sp³-hybridized carbons (Fsp3) is 0.238. The fourth-order valence-electron chi connectivity index (χ4n) is 3.83. The van der Waals surface area contributed by atoms with Gasteiger partial charge in [0.1, 0.15) is 22.8 Å². The number of sulfonamides is 1. The number of hydrogen-bond donors (Lipinski definition) is 1. The number of likely N-dealkylation sites (N-methyl/N-ethyl adjacent to an activating group) is 1. The van der Waals surface area contributed by atoms with Crippen LogP contribution in [0, 0.1) is 0 Å². The van der Waals surface area contributed by atoms with E-state index in [1.807, 2.05) is 0 Å². The molecule has 8 nitrogen and oxygen atoms in total. The standard InChI is InChI=1S/C21H19Cl3N4O4S/c1-26-11-19-27(33(31,32)18-7-6-14(23)9-15(18)24)10-16(25)20(29)28(19)17(21(26)30)8-12-2-4-13(22)5-3-12/h2-7,9,11,16-17H,8,10,25H2,1H3. The number of carbonyl (C=O) groups excluding carboxylic acids is 2. The Morgan fingerprint density at radius 2 is 1.64 bits per heavy atom. The molecular formula is C21H19Cl3N4O4S. The van der Waals surface area contributed by atoms with Crippen molar-refractivity contribution in [2.75, 3.05) is 13.6 Å². The van der Waals surface area contributed by atoms with Gasteiger partial charge in [-0.2, -0.15) is 0 Å². The highest BCUT2D eigenvalue weighted by atomic mass is 35.5. The van der Waals surface area contributed by atoms with Crippen LogP contribution < -0.4 is 5.73 Å². The zero-order valence-corrected chi connectivity index (χ0v) is 20.4. The highest BCUT2D eigenvalue weighted by Crippen LogP contribution is 2.35. The quantitative estimate of drug-likeness (QED) is 0.656. The fourth-order valence-corrected chi connectivity index (χ4v) is 6.18. The predicted octanol–water partition coefficient (Wildman–Crippen LogP) is 2.69. The van der Waals surface area contributed by atoms with Crippen molar-refractivity contribution in [1.82, 2.24) is 14.1 Å². The summed E-state index contributed by atoms with van der Waals surface area (Å²) in [4.78, 5) is 28.4. The van der Waals surface area contributed by atoms with Gasteiger partial charge in [-0.3, -0.25) is 14.5 Å². The summed E-state index contributed by atoms with van der Waals surface area (Å²) in [6, 6.07) is 8.67. The van der Waals surface area contributed by atoms with Crippen molar-refractivity contribution in [2.24, 2.45) is 5.73 Å². The normalized spacial score (nSPS) is 21.2. The van der Waals surface area contributed by atoms with Crippen LogP contribution in [-0.2, 0) is 26.0 Å². The van der Waals surface area contributed by atoms with E-state index in [2.05, 4.69) is 0 Å². The summed E-state index contributed by atoms with van der Waals surface area (Å²) < 4.78 is 28.1. The van der Waals surface area contributed by atoms with Gasteiger partial charge in [0.2, 0.25) is 11.8 Å². The molecular weight excluding hydrogens is 511 g/mol. The molecule has 2 atom stereocenters. The van der Waals surface area contributed by atoms with Crippen LogP contribution in [0.25, 0.3) is 0 Å². The third-order valence-corrected chi connectivity index (χ3v) is 8.22. The molecule has 1 saturated heterocycles. The van der Waals surface area contributed by atoms with Gasteiger partial charge in [0.05, 0.1) is 11.6 Å². The van der Waals surface area contributed by atoms with E-state index < -0.39 is 28.0 Å². The largest absolute Gasteiger partial charge is 0.318 e. The van der Waals surface area contributed by atoms with Crippen molar-refractivity contribution in [1.29, 1.82) is 0 Å². The van der Waals surface area contributed by atoms with Gasteiger partial charge in [0.15, 0.2) is 0 Å². The predicted molar refractivity (Wildman–Crippen MR) is 125 cm³/mol. The summed E-state index contributed by atoms with van der Waals surface area (Å²) >= 11 is 18.0. The average Bonchev–Trinajstić information content (AvgIpc) is 2.75. The lowest BCUT2D eigenvalue weighted by Gasteiger charge is -2.47. The maximum absolute atomic E-state index is 13.6. The average molecular weight is 530 g/mol. The maximum Gasteiger partial charge on any atom is 0.267 e. The summed E-state index contributed by atoms with van der Waals surface area (Å²) in [5, 5.41) is 0.731. The molecule has 2 aliphatic heterocycles. The molecule has 174 valence electrons. The van der Waals surface area contributed by atoms with Gasteiger partial charge < -0.3 is 10.6 Å². The van der Waals surface area contributed by atoms with Crippen LogP contribution in [0.2, 0.25) is 15.1 Å². The van der Waals surface area contributed by atoms with Crippen molar-refractivity contribution < 1.29 is 18.0 Å². The Balaban J connectivity index is 1.79. The molecule has 2 aromatic carbocycles. The second-order valence-electron chi connectivity index (χ2n) is 7.71. The van der Waals surface area contributed by atoms with Crippen molar-refractivity contribution in [3.05, 3.63) is 75.1 Å². The molecule has 33 heavy (non-hydrogen) atoms. The second kappa shape index (κ2) is 8.81. The summed E-state index contributed by atoms with van der Waals surface area (Å²) in [5.74, 6) is -0.901. The Bertz CT molecular complexity index is 1270. The Kier molecular flexibility index (Phi) is 6.36. The lowest BCUT2D eigenvalue weighted by molar-refractivity contribution is -0.147. The summed E-state index contributed by atoms with van der Waals surface area (Å²) in [6.07, 6.45) is 1.46. The third-order valence-electron chi connectivity index (χ3n) is 5.48. The van der Waals surface area contributed by atoms with Crippen LogP contribution in [0.1, 0.15) is 5.56 Å². The van der Waals surface area contributed by atoms with E-state index in [1.165, 1.54) is 36.3 Å². The van der Waals surface area contributed by atoms with Gasteiger partial charge in [-0.05, 0) is 35.9 Å². The molecule has 2 aromatic rings. The zero-order valence-electron chi connectivity index (χ0n) is 17.3. The monoisotopic (exact) mass is 528 g/mol. The minimum absolute atomic E-state index is 0.0220. The lowest BCUT2D eigenvalue weighted by atomic mass is 10.00. The number of amides is 2. The van der Waals surface area contributed by atoms with Crippen LogP contribution in [0.15, 0.2) is 59.4 Å². The zero-order chi connectivity index (χ0) is 24.1. The molecule has 2 amide bonds. The lowest BCUT2D eigenvalue weighted by Crippen LogP contribution is -2.65. The smallest absolute Gasteiger partial charge is 0.267 e. The van der Waals surface area contributed by atoms with E-state index in [-0.39, 0.29) is 39.6 Å². The van der Waals surface area contributed by atoms with Gasteiger partial charge in [0, 0.05) is 29.7 Å².